The van der Waals surface area contributed by atoms with Crippen LogP contribution in [-0.4, -0.2) is 38.9 Å². The van der Waals surface area contributed by atoms with Crippen LogP contribution < -0.4 is 19.5 Å². The van der Waals surface area contributed by atoms with Crippen molar-refractivity contribution in [3.8, 4) is 28.5 Å². The van der Waals surface area contributed by atoms with Crippen LogP contribution >= 0.6 is 0 Å². The van der Waals surface area contributed by atoms with Gasteiger partial charge in [-0.05, 0) is 80.2 Å². The van der Waals surface area contributed by atoms with Crippen molar-refractivity contribution in [1.82, 2.24) is 10.3 Å². The first kappa shape index (κ1) is 19.6. The third-order valence-electron chi connectivity index (χ3n) is 5.85. The van der Waals surface area contributed by atoms with E-state index in [4.69, 9.17) is 14.2 Å². The van der Waals surface area contributed by atoms with Gasteiger partial charge in [-0.3, -0.25) is 0 Å². The zero-order valence-corrected chi connectivity index (χ0v) is 17.5. The average Bonchev–Trinajstić information content (AvgIpc) is 3.15. The van der Waals surface area contributed by atoms with Crippen LogP contribution in [0.2, 0.25) is 0 Å². The van der Waals surface area contributed by atoms with Crippen molar-refractivity contribution in [2.45, 2.75) is 26.2 Å². The molecule has 0 spiro atoms. The van der Waals surface area contributed by atoms with Gasteiger partial charge in [-0.15, -0.1) is 0 Å². The summed E-state index contributed by atoms with van der Waals surface area (Å²) >= 11 is 0. The van der Waals surface area contributed by atoms with E-state index >= 15 is 0 Å². The number of aromatic nitrogens is 1. The van der Waals surface area contributed by atoms with Crippen molar-refractivity contribution in [2.75, 3.05) is 33.9 Å². The summed E-state index contributed by atoms with van der Waals surface area (Å²) in [5, 5.41) is 4.63. The van der Waals surface area contributed by atoms with Crippen molar-refractivity contribution < 1.29 is 14.2 Å². The number of piperidine rings is 1. The molecule has 2 heterocycles. The summed E-state index contributed by atoms with van der Waals surface area (Å²) < 4.78 is 17.0. The number of benzene rings is 2. The van der Waals surface area contributed by atoms with Gasteiger partial charge >= 0.3 is 0 Å². The Labute approximate surface area is 172 Å². The Hall–Kier alpha value is -2.66. The second-order valence-corrected chi connectivity index (χ2v) is 7.61. The molecule has 1 aromatic heterocycles. The van der Waals surface area contributed by atoms with Gasteiger partial charge in [0.15, 0.2) is 11.5 Å². The van der Waals surface area contributed by atoms with E-state index in [9.17, 15) is 0 Å². The minimum Gasteiger partial charge on any atom is -0.493 e. The molecule has 0 atom stereocenters. The summed E-state index contributed by atoms with van der Waals surface area (Å²) in [5.74, 6) is 3.06. The number of hydrogen-bond donors (Lipinski definition) is 2. The lowest BCUT2D eigenvalue weighted by atomic mass is 9.99. The number of H-pyrrole nitrogens is 1. The molecule has 0 aliphatic carbocycles. The fraction of sp³-hybridized carbons (Fsp3) is 0.417. The van der Waals surface area contributed by atoms with Gasteiger partial charge in [0.2, 0.25) is 0 Å². The zero-order valence-electron chi connectivity index (χ0n) is 17.5. The Balaban J connectivity index is 1.64. The Morgan fingerprint density at radius 2 is 1.76 bits per heavy atom. The Bertz CT molecular complexity index is 974. The molecule has 2 N–H and O–H groups in total. The van der Waals surface area contributed by atoms with Crippen LogP contribution in [0.1, 0.15) is 25.3 Å². The maximum atomic E-state index is 6.16. The number of aryl methyl sites for hydroxylation is 1. The lowest BCUT2D eigenvalue weighted by Crippen LogP contribution is -2.30. The monoisotopic (exact) mass is 394 g/mol. The molecule has 0 amide bonds. The topological polar surface area (TPSA) is 55.5 Å². The lowest BCUT2D eigenvalue weighted by Gasteiger charge is -2.22. The minimum atomic E-state index is 0.645. The molecule has 0 saturated carbocycles. The molecule has 1 saturated heterocycles. The van der Waals surface area contributed by atoms with Crippen molar-refractivity contribution >= 4 is 10.9 Å². The molecule has 29 heavy (non-hydrogen) atoms. The predicted molar refractivity (Wildman–Crippen MR) is 117 cm³/mol. The van der Waals surface area contributed by atoms with Crippen LogP contribution in [-0.2, 0) is 6.42 Å². The maximum absolute atomic E-state index is 6.16. The van der Waals surface area contributed by atoms with Crippen LogP contribution in [0.25, 0.3) is 22.2 Å². The normalized spacial score (nSPS) is 14.9. The van der Waals surface area contributed by atoms with Gasteiger partial charge < -0.3 is 24.5 Å². The van der Waals surface area contributed by atoms with E-state index in [1.807, 2.05) is 12.1 Å². The van der Waals surface area contributed by atoms with Crippen molar-refractivity contribution in [3.63, 3.8) is 0 Å². The molecule has 1 aliphatic heterocycles. The van der Waals surface area contributed by atoms with E-state index in [-0.39, 0.29) is 0 Å². The van der Waals surface area contributed by atoms with E-state index < -0.39 is 0 Å². The first-order valence-electron chi connectivity index (χ1n) is 10.4. The molecule has 0 radical (unpaired) electrons. The summed E-state index contributed by atoms with van der Waals surface area (Å²) in [7, 11) is 3.32. The standard InChI is InChI=1S/C24H30N2O3/c1-4-19-20-14-18(29-15-16-9-11-25-12-10-16)6-7-21(20)26-24(19)17-5-8-22(27-2)23(13-17)28-3/h5-8,13-14,16,25-26H,4,9-12,15H2,1-3H3. The SMILES string of the molecule is CCc1c(-c2ccc(OC)c(OC)c2)[nH]c2ccc(OCC3CCNCC3)cc12. The molecule has 2 aromatic carbocycles. The smallest absolute Gasteiger partial charge is 0.161 e. The van der Waals surface area contributed by atoms with E-state index in [1.165, 1.54) is 23.8 Å². The summed E-state index contributed by atoms with van der Waals surface area (Å²) in [6, 6.07) is 12.4. The van der Waals surface area contributed by atoms with Crippen LogP contribution in [0, 0.1) is 5.92 Å². The van der Waals surface area contributed by atoms with E-state index in [0.717, 1.165) is 60.1 Å². The van der Waals surface area contributed by atoms with Crippen LogP contribution in [0.4, 0.5) is 0 Å². The van der Waals surface area contributed by atoms with Gasteiger partial charge in [0, 0.05) is 22.2 Å². The second kappa shape index (κ2) is 8.78. The van der Waals surface area contributed by atoms with Crippen LogP contribution in [0.3, 0.4) is 0 Å². The number of rotatable bonds is 7. The largest absolute Gasteiger partial charge is 0.493 e. The molecule has 0 unspecified atom stereocenters. The number of ether oxygens (including phenoxy) is 3. The predicted octanol–water partition coefficient (Wildman–Crippen LogP) is 4.79. The molecule has 5 heteroatoms. The summed E-state index contributed by atoms with van der Waals surface area (Å²) in [4.78, 5) is 3.59. The number of fused-ring (bicyclic) bond motifs is 1. The quantitative estimate of drug-likeness (QED) is 0.605. The number of hydrogen-bond acceptors (Lipinski definition) is 4. The van der Waals surface area contributed by atoms with Crippen molar-refractivity contribution in [2.24, 2.45) is 5.92 Å². The van der Waals surface area contributed by atoms with Crippen LogP contribution in [0.15, 0.2) is 36.4 Å². The van der Waals surface area contributed by atoms with Gasteiger partial charge in [0.05, 0.1) is 20.8 Å². The molecular weight excluding hydrogens is 364 g/mol. The molecule has 1 aliphatic rings. The molecule has 154 valence electrons. The highest BCUT2D eigenvalue weighted by Crippen LogP contribution is 2.37. The molecule has 5 nitrogen and oxygen atoms in total. The maximum Gasteiger partial charge on any atom is 0.161 e. The van der Waals surface area contributed by atoms with Gasteiger partial charge in [-0.25, -0.2) is 0 Å². The van der Waals surface area contributed by atoms with Gasteiger partial charge in [0.1, 0.15) is 5.75 Å². The van der Waals surface area contributed by atoms with Gasteiger partial charge in [-0.2, -0.15) is 0 Å². The molecule has 1 fully saturated rings. The minimum absolute atomic E-state index is 0.645. The van der Waals surface area contributed by atoms with E-state index in [2.05, 4.69) is 41.5 Å². The average molecular weight is 395 g/mol. The first-order valence-corrected chi connectivity index (χ1v) is 10.4. The van der Waals surface area contributed by atoms with E-state index in [0.29, 0.717) is 5.92 Å². The molecule has 0 bridgehead atoms. The summed E-state index contributed by atoms with van der Waals surface area (Å²) in [6.07, 6.45) is 3.31. The Morgan fingerprint density at radius 3 is 2.48 bits per heavy atom. The summed E-state index contributed by atoms with van der Waals surface area (Å²) in [6.45, 7) is 5.18. The summed E-state index contributed by atoms with van der Waals surface area (Å²) in [5.41, 5.74) is 4.63. The number of aromatic amines is 1. The number of nitrogens with one attached hydrogen (secondary N) is 2. The van der Waals surface area contributed by atoms with Crippen molar-refractivity contribution in [1.29, 1.82) is 0 Å². The lowest BCUT2D eigenvalue weighted by molar-refractivity contribution is 0.215. The molecular formula is C24H30N2O3. The van der Waals surface area contributed by atoms with Gasteiger partial charge in [0.25, 0.3) is 0 Å². The van der Waals surface area contributed by atoms with E-state index in [1.54, 1.807) is 14.2 Å². The highest BCUT2D eigenvalue weighted by Gasteiger charge is 2.16. The fourth-order valence-electron chi connectivity index (χ4n) is 4.18. The Morgan fingerprint density at radius 1 is 0.966 bits per heavy atom. The Kier molecular flexibility index (Phi) is 5.95. The second-order valence-electron chi connectivity index (χ2n) is 7.61. The molecule has 4 rings (SSSR count). The number of methoxy groups -OCH3 is 2. The molecule has 3 aromatic rings. The fourth-order valence-corrected chi connectivity index (χ4v) is 4.18. The third kappa shape index (κ3) is 4.06. The highest BCUT2D eigenvalue weighted by atomic mass is 16.5. The van der Waals surface area contributed by atoms with Crippen LogP contribution in [0.5, 0.6) is 17.2 Å². The zero-order chi connectivity index (χ0) is 20.2. The highest BCUT2D eigenvalue weighted by molar-refractivity contribution is 5.92. The first-order chi connectivity index (χ1) is 14.2. The third-order valence-corrected chi connectivity index (χ3v) is 5.85. The van der Waals surface area contributed by atoms with Crippen molar-refractivity contribution in [3.05, 3.63) is 42.0 Å². The van der Waals surface area contributed by atoms with Gasteiger partial charge in [-0.1, -0.05) is 6.92 Å².